The molecule has 0 saturated carbocycles. The normalized spacial score (nSPS) is 12.7. The number of carboxylic acid groups (broad SMARTS) is 1. The molecule has 1 atom stereocenters. The van der Waals surface area contributed by atoms with Gasteiger partial charge < -0.3 is 5.11 Å². The lowest BCUT2D eigenvalue weighted by atomic mass is 10.2. The Morgan fingerprint density at radius 3 is 2.57 bits per heavy atom. The second-order valence-corrected chi connectivity index (χ2v) is 5.89. The van der Waals surface area contributed by atoms with Gasteiger partial charge in [-0.25, -0.2) is 22.0 Å². The van der Waals surface area contributed by atoms with Gasteiger partial charge in [-0.05, 0) is 18.6 Å². The minimum absolute atomic E-state index is 0.304. The third-order valence-electron chi connectivity index (χ3n) is 2.61. The van der Waals surface area contributed by atoms with Gasteiger partial charge in [0.15, 0.2) is 11.6 Å². The molecule has 0 aliphatic rings. The van der Waals surface area contributed by atoms with Gasteiger partial charge in [0.1, 0.15) is 4.90 Å². The Bertz CT molecular complexity index is 695. The van der Waals surface area contributed by atoms with Gasteiger partial charge in [0, 0.05) is 0 Å². The van der Waals surface area contributed by atoms with Crippen LogP contribution in [0.15, 0.2) is 17.0 Å². The highest BCUT2D eigenvalue weighted by Gasteiger charge is 2.26. The van der Waals surface area contributed by atoms with E-state index in [1.165, 1.54) is 0 Å². The van der Waals surface area contributed by atoms with Crippen molar-refractivity contribution in [1.29, 1.82) is 0 Å². The Kier molecular flexibility index (Phi) is 5.41. The molecule has 0 fully saturated rings. The van der Waals surface area contributed by atoms with Crippen LogP contribution in [0.25, 0.3) is 0 Å². The summed E-state index contributed by atoms with van der Waals surface area (Å²) in [5, 5.41) is 8.77. The van der Waals surface area contributed by atoms with Gasteiger partial charge in [0.05, 0.1) is 11.6 Å². The lowest BCUT2D eigenvalue weighted by molar-refractivity contribution is 0.0696. The number of nitrogens with one attached hydrogen (secondary N) is 1. The molecule has 0 radical (unpaired) electrons. The molecule has 8 heteroatoms. The molecule has 0 aliphatic heterocycles. The van der Waals surface area contributed by atoms with Gasteiger partial charge in [-0.2, -0.15) is 4.72 Å². The van der Waals surface area contributed by atoms with Gasteiger partial charge in [-0.15, -0.1) is 6.42 Å². The number of hydrogen-bond acceptors (Lipinski definition) is 3. The molecular formula is C13H13F2NO4S. The van der Waals surface area contributed by atoms with Crippen molar-refractivity contribution < 1.29 is 27.1 Å². The topological polar surface area (TPSA) is 83.5 Å². The first-order chi connectivity index (χ1) is 9.72. The summed E-state index contributed by atoms with van der Waals surface area (Å²) in [7, 11) is -4.47. The van der Waals surface area contributed by atoms with Gasteiger partial charge in [-0.1, -0.05) is 19.3 Å². The van der Waals surface area contributed by atoms with E-state index in [9.17, 15) is 22.0 Å². The SMILES string of the molecule is C#CC(CCC)NS(=O)(=O)c1cc(C(=O)O)cc(F)c1F. The van der Waals surface area contributed by atoms with Crippen molar-refractivity contribution in [3.8, 4) is 12.3 Å². The maximum atomic E-state index is 13.6. The van der Waals surface area contributed by atoms with E-state index in [-0.39, 0.29) is 0 Å². The molecule has 2 N–H and O–H groups in total. The minimum atomic E-state index is -4.47. The molecule has 1 aromatic rings. The zero-order chi connectivity index (χ0) is 16.2. The van der Waals surface area contributed by atoms with Crippen LogP contribution in [-0.4, -0.2) is 25.5 Å². The molecule has 0 bridgehead atoms. The van der Waals surface area contributed by atoms with E-state index in [4.69, 9.17) is 11.5 Å². The highest BCUT2D eigenvalue weighted by Crippen LogP contribution is 2.20. The summed E-state index contributed by atoms with van der Waals surface area (Å²) < 4.78 is 53.0. The number of carboxylic acids is 1. The van der Waals surface area contributed by atoms with E-state index < -0.39 is 44.1 Å². The molecule has 1 unspecified atom stereocenters. The molecule has 1 rings (SSSR count). The summed E-state index contributed by atoms with van der Waals surface area (Å²) in [5.74, 6) is -2.62. The molecular weight excluding hydrogens is 304 g/mol. The average molecular weight is 317 g/mol. The molecule has 5 nitrogen and oxygen atoms in total. The van der Waals surface area contributed by atoms with Crippen molar-refractivity contribution in [2.75, 3.05) is 0 Å². The maximum absolute atomic E-state index is 13.6. The van der Waals surface area contributed by atoms with E-state index in [0.717, 1.165) is 0 Å². The highest BCUT2D eigenvalue weighted by molar-refractivity contribution is 7.89. The first-order valence-electron chi connectivity index (χ1n) is 5.93. The molecule has 0 heterocycles. The average Bonchev–Trinajstić information content (AvgIpc) is 2.40. The standard InChI is InChI=1S/C13H13F2NO4S/c1-3-5-9(4-2)16-21(19,20)11-7-8(13(17)18)6-10(14)12(11)15/h2,6-7,9,16H,3,5H2,1H3,(H,17,18). The molecule has 0 spiro atoms. The number of carbonyl (C=O) groups is 1. The first kappa shape index (κ1) is 17.1. The van der Waals surface area contributed by atoms with Gasteiger partial charge >= 0.3 is 5.97 Å². The summed E-state index contributed by atoms with van der Waals surface area (Å²) in [4.78, 5) is 9.70. The third-order valence-corrected chi connectivity index (χ3v) is 4.08. The van der Waals surface area contributed by atoms with Crippen LogP contribution in [0.3, 0.4) is 0 Å². The fourth-order valence-electron chi connectivity index (χ4n) is 1.60. The van der Waals surface area contributed by atoms with Crippen LogP contribution in [0.2, 0.25) is 0 Å². The molecule has 0 aliphatic carbocycles. The van der Waals surface area contributed by atoms with Crippen molar-refractivity contribution in [3.05, 3.63) is 29.3 Å². The zero-order valence-corrected chi connectivity index (χ0v) is 11.9. The summed E-state index contributed by atoms with van der Waals surface area (Å²) in [6, 6.07) is 0.0558. The number of rotatable bonds is 6. The van der Waals surface area contributed by atoms with Gasteiger partial charge in [0.2, 0.25) is 10.0 Å². The predicted molar refractivity (Wildman–Crippen MR) is 71.2 cm³/mol. The van der Waals surface area contributed by atoms with E-state index >= 15 is 0 Å². The summed E-state index contributed by atoms with van der Waals surface area (Å²) >= 11 is 0. The van der Waals surface area contributed by atoms with E-state index in [1.54, 1.807) is 6.92 Å². The fourth-order valence-corrected chi connectivity index (χ4v) is 2.90. The van der Waals surface area contributed by atoms with E-state index in [1.807, 2.05) is 4.72 Å². The number of hydrogen-bond donors (Lipinski definition) is 2. The van der Waals surface area contributed by atoms with Crippen LogP contribution in [0.4, 0.5) is 8.78 Å². The van der Waals surface area contributed by atoms with Crippen LogP contribution >= 0.6 is 0 Å². The van der Waals surface area contributed by atoms with Crippen molar-refractivity contribution >= 4 is 16.0 Å². The Morgan fingerprint density at radius 1 is 1.48 bits per heavy atom. The van der Waals surface area contributed by atoms with E-state index in [0.29, 0.717) is 25.0 Å². The summed E-state index contributed by atoms with van der Waals surface area (Å²) in [6.07, 6.45) is 6.03. The lowest BCUT2D eigenvalue weighted by Gasteiger charge is -2.13. The maximum Gasteiger partial charge on any atom is 0.335 e. The quantitative estimate of drug-likeness (QED) is 0.783. The van der Waals surface area contributed by atoms with Crippen LogP contribution in [0.5, 0.6) is 0 Å². The number of halogens is 2. The van der Waals surface area contributed by atoms with Crippen molar-refractivity contribution in [3.63, 3.8) is 0 Å². The Morgan fingerprint density at radius 2 is 2.10 bits per heavy atom. The lowest BCUT2D eigenvalue weighted by Crippen LogP contribution is -2.34. The molecule has 21 heavy (non-hydrogen) atoms. The molecule has 0 amide bonds. The van der Waals surface area contributed by atoms with Crippen LogP contribution in [-0.2, 0) is 10.0 Å². The second kappa shape index (κ2) is 6.65. The molecule has 114 valence electrons. The van der Waals surface area contributed by atoms with Gasteiger partial charge in [-0.3, -0.25) is 0 Å². The zero-order valence-electron chi connectivity index (χ0n) is 11.1. The number of aromatic carboxylic acids is 1. The number of sulfonamides is 1. The molecule has 0 saturated heterocycles. The monoisotopic (exact) mass is 317 g/mol. The third kappa shape index (κ3) is 4.00. The fraction of sp³-hybridized carbons (Fsp3) is 0.308. The Balaban J connectivity index is 3.31. The number of benzene rings is 1. The second-order valence-electron chi connectivity index (χ2n) is 4.20. The van der Waals surface area contributed by atoms with Crippen LogP contribution in [0, 0.1) is 24.0 Å². The Hall–Kier alpha value is -1.98. The van der Waals surface area contributed by atoms with Crippen molar-refractivity contribution in [1.82, 2.24) is 4.72 Å². The minimum Gasteiger partial charge on any atom is -0.478 e. The molecule has 0 aromatic heterocycles. The predicted octanol–water partition coefficient (Wildman–Crippen LogP) is 1.74. The summed E-state index contributed by atoms with van der Waals surface area (Å²) in [6.45, 7) is 1.77. The van der Waals surface area contributed by atoms with Crippen LogP contribution < -0.4 is 4.72 Å². The Labute approximate surface area is 121 Å². The van der Waals surface area contributed by atoms with Crippen molar-refractivity contribution in [2.45, 2.75) is 30.7 Å². The molecule has 1 aromatic carbocycles. The van der Waals surface area contributed by atoms with Crippen molar-refractivity contribution in [2.24, 2.45) is 0 Å². The largest absolute Gasteiger partial charge is 0.478 e. The van der Waals surface area contributed by atoms with E-state index in [2.05, 4.69) is 5.92 Å². The number of terminal acetylenes is 1. The van der Waals surface area contributed by atoms with Gasteiger partial charge in [0.25, 0.3) is 0 Å². The summed E-state index contributed by atoms with van der Waals surface area (Å²) in [5.41, 5.74) is -0.679. The first-order valence-corrected chi connectivity index (χ1v) is 7.42. The highest BCUT2D eigenvalue weighted by atomic mass is 32.2. The van der Waals surface area contributed by atoms with Crippen LogP contribution in [0.1, 0.15) is 30.1 Å². The smallest absolute Gasteiger partial charge is 0.335 e.